The molecule has 1 saturated heterocycles. The van der Waals surface area contributed by atoms with Crippen LogP contribution >= 0.6 is 0 Å². The van der Waals surface area contributed by atoms with Crippen molar-refractivity contribution in [3.05, 3.63) is 0 Å². The standard InChI is InChI=1S/C7H10FNO4S2/c8-15(12,13)6-7(5-9)1-3-14(10,11)4-2-7/h1-4,6H2. The van der Waals surface area contributed by atoms with Gasteiger partial charge in [-0.2, -0.15) is 13.7 Å². The van der Waals surface area contributed by atoms with Crippen LogP contribution in [0.5, 0.6) is 0 Å². The summed E-state index contributed by atoms with van der Waals surface area (Å²) in [6.45, 7) is 0. The van der Waals surface area contributed by atoms with Gasteiger partial charge in [0.05, 0.1) is 28.7 Å². The fourth-order valence-electron chi connectivity index (χ4n) is 1.55. The maximum absolute atomic E-state index is 12.5. The first-order valence-electron chi connectivity index (χ1n) is 4.22. The van der Waals surface area contributed by atoms with Crippen LogP contribution in [-0.2, 0) is 20.1 Å². The van der Waals surface area contributed by atoms with E-state index in [1.54, 1.807) is 6.07 Å². The van der Waals surface area contributed by atoms with Gasteiger partial charge in [0.15, 0.2) is 0 Å². The molecule has 0 bridgehead atoms. The third-order valence-corrected chi connectivity index (χ3v) is 5.02. The summed E-state index contributed by atoms with van der Waals surface area (Å²) < 4.78 is 55.5. The second kappa shape index (κ2) is 3.72. The van der Waals surface area contributed by atoms with Crippen LogP contribution < -0.4 is 0 Å². The minimum Gasteiger partial charge on any atom is -0.229 e. The Morgan fingerprint density at radius 2 is 1.80 bits per heavy atom. The van der Waals surface area contributed by atoms with Crippen molar-refractivity contribution in [2.45, 2.75) is 12.8 Å². The van der Waals surface area contributed by atoms with Crippen LogP contribution in [0.15, 0.2) is 0 Å². The van der Waals surface area contributed by atoms with E-state index in [9.17, 15) is 20.7 Å². The topological polar surface area (TPSA) is 92.1 Å². The maximum Gasteiger partial charge on any atom is 0.303 e. The van der Waals surface area contributed by atoms with Crippen LogP contribution in [0.3, 0.4) is 0 Å². The third-order valence-electron chi connectivity index (χ3n) is 2.47. The summed E-state index contributed by atoms with van der Waals surface area (Å²) in [5.74, 6) is -1.42. The minimum absolute atomic E-state index is 0.116. The molecule has 0 aromatic carbocycles. The number of halogens is 1. The number of hydrogen-bond donors (Lipinski definition) is 0. The van der Waals surface area contributed by atoms with Crippen molar-refractivity contribution in [2.24, 2.45) is 5.41 Å². The normalized spacial score (nSPS) is 24.3. The number of sulfone groups is 1. The fourth-order valence-corrected chi connectivity index (χ4v) is 4.17. The lowest BCUT2D eigenvalue weighted by molar-refractivity contribution is 0.385. The van der Waals surface area contributed by atoms with E-state index in [0.717, 1.165) is 0 Å². The highest BCUT2D eigenvalue weighted by Crippen LogP contribution is 2.33. The number of nitrogens with zero attached hydrogens (tertiary/aromatic N) is 1. The van der Waals surface area contributed by atoms with Crippen molar-refractivity contribution < 1.29 is 20.7 Å². The van der Waals surface area contributed by atoms with Gasteiger partial charge in [-0.1, -0.05) is 0 Å². The first-order valence-corrected chi connectivity index (χ1v) is 7.60. The first kappa shape index (κ1) is 12.4. The summed E-state index contributed by atoms with van der Waals surface area (Å²) in [6, 6.07) is 1.73. The van der Waals surface area contributed by atoms with Crippen molar-refractivity contribution in [2.75, 3.05) is 17.3 Å². The van der Waals surface area contributed by atoms with Crippen LogP contribution in [0, 0.1) is 16.7 Å². The molecule has 1 aliphatic heterocycles. The molecule has 1 heterocycles. The minimum atomic E-state index is -4.75. The van der Waals surface area contributed by atoms with Crippen molar-refractivity contribution >= 4 is 20.1 Å². The Hall–Kier alpha value is -0.680. The van der Waals surface area contributed by atoms with Gasteiger partial charge in [-0.05, 0) is 12.8 Å². The monoisotopic (exact) mass is 255 g/mol. The molecule has 0 radical (unpaired) electrons. The zero-order valence-electron chi connectivity index (χ0n) is 7.81. The van der Waals surface area contributed by atoms with E-state index in [1.165, 1.54) is 0 Å². The van der Waals surface area contributed by atoms with Crippen LogP contribution in [0.25, 0.3) is 0 Å². The SMILES string of the molecule is N#CC1(CS(=O)(=O)F)CCS(=O)(=O)CC1. The quantitative estimate of drug-likeness (QED) is 0.648. The van der Waals surface area contributed by atoms with Crippen molar-refractivity contribution in [1.29, 1.82) is 5.26 Å². The summed E-state index contributed by atoms with van der Waals surface area (Å²) in [5.41, 5.74) is -1.38. The molecule has 0 N–H and O–H groups in total. The van der Waals surface area contributed by atoms with Gasteiger partial charge in [0.2, 0.25) is 0 Å². The predicted molar refractivity (Wildman–Crippen MR) is 50.8 cm³/mol. The number of hydrogen-bond acceptors (Lipinski definition) is 5. The van der Waals surface area contributed by atoms with Crippen molar-refractivity contribution in [3.63, 3.8) is 0 Å². The Morgan fingerprint density at radius 3 is 2.13 bits per heavy atom. The molecule has 0 aromatic rings. The van der Waals surface area contributed by atoms with E-state index in [2.05, 4.69) is 0 Å². The van der Waals surface area contributed by atoms with Gasteiger partial charge in [0.25, 0.3) is 0 Å². The van der Waals surface area contributed by atoms with Crippen LogP contribution in [0.4, 0.5) is 3.89 Å². The smallest absolute Gasteiger partial charge is 0.229 e. The number of nitriles is 1. The van der Waals surface area contributed by atoms with Gasteiger partial charge < -0.3 is 0 Å². The van der Waals surface area contributed by atoms with Gasteiger partial charge in [0.1, 0.15) is 9.84 Å². The van der Waals surface area contributed by atoms with Gasteiger partial charge >= 0.3 is 10.2 Å². The second-order valence-corrected chi connectivity index (χ2v) is 7.40. The molecule has 1 aliphatic rings. The van der Waals surface area contributed by atoms with E-state index in [4.69, 9.17) is 5.26 Å². The summed E-state index contributed by atoms with van der Waals surface area (Å²) in [5, 5.41) is 8.80. The van der Waals surface area contributed by atoms with E-state index < -0.39 is 31.2 Å². The molecule has 0 atom stereocenters. The second-order valence-electron chi connectivity index (χ2n) is 3.73. The van der Waals surface area contributed by atoms with E-state index in [-0.39, 0.29) is 24.3 Å². The molecule has 0 aliphatic carbocycles. The molecule has 0 aromatic heterocycles. The maximum atomic E-state index is 12.5. The predicted octanol–water partition coefficient (Wildman–Crippen LogP) is 0.00428. The molecular formula is C7H10FNO4S2. The van der Waals surface area contributed by atoms with Crippen LogP contribution in [0.1, 0.15) is 12.8 Å². The van der Waals surface area contributed by atoms with E-state index in [1.807, 2.05) is 0 Å². The van der Waals surface area contributed by atoms with Crippen LogP contribution in [0.2, 0.25) is 0 Å². The lowest BCUT2D eigenvalue weighted by Gasteiger charge is -2.28. The van der Waals surface area contributed by atoms with Crippen molar-refractivity contribution in [1.82, 2.24) is 0 Å². The van der Waals surface area contributed by atoms with E-state index in [0.29, 0.717) is 0 Å². The zero-order valence-corrected chi connectivity index (χ0v) is 9.44. The fraction of sp³-hybridized carbons (Fsp3) is 0.857. The van der Waals surface area contributed by atoms with Crippen molar-refractivity contribution in [3.8, 4) is 6.07 Å². The summed E-state index contributed by atoms with van der Waals surface area (Å²) in [6.07, 6.45) is -0.232. The Labute approximate surface area is 88.0 Å². The summed E-state index contributed by atoms with van der Waals surface area (Å²) >= 11 is 0. The molecule has 86 valence electrons. The van der Waals surface area contributed by atoms with Gasteiger partial charge in [-0.3, -0.25) is 0 Å². The lowest BCUT2D eigenvalue weighted by atomic mass is 9.86. The van der Waals surface area contributed by atoms with Crippen LogP contribution in [-0.4, -0.2) is 34.1 Å². The zero-order chi connectivity index (χ0) is 11.7. The highest BCUT2D eigenvalue weighted by molar-refractivity contribution is 7.91. The molecule has 1 fully saturated rings. The van der Waals surface area contributed by atoms with E-state index >= 15 is 0 Å². The Balaban J connectivity index is 2.88. The first-order chi connectivity index (χ1) is 6.68. The third kappa shape index (κ3) is 3.43. The molecular weight excluding hydrogens is 245 g/mol. The Kier molecular flexibility index (Phi) is 3.07. The average Bonchev–Trinajstić information content (AvgIpc) is 2.07. The molecule has 1 rings (SSSR count). The molecule has 8 heteroatoms. The highest BCUT2D eigenvalue weighted by Gasteiger charge is 2.41. The summed E-state index contributed by atoms with van der Waals surface area (Å²) in [4.78, 5) is 0. The van der Waals surface area contributed by atoms with Gasteiger partial charge in [-0.15, -0.1) is 3.89 Å². The Morgan fingerprint density at radius 1 is 1.33 bits per heavy atom. The molecule has 15 heavy (non-hydrogen) atoms. The summed E-state index contributed by atoms with van der Waals surface area (Å²) in [7, 11) is -7.94. The molecule has 0 saturated carbocycles. The van der Waals surface area contributed by atoms with Gasteiger partial charge in [-0.25, -0.2) is 8.42 Å². The molecule has 5 nitrogen and oxygen atoms in total. The highest BCUT2D eigenvalue weighted by atomic mass is 32.3. The number of rotatable bonds is 2. The largest absolute Gasteiger partial charge is 0.303 e. The Bertz CT molecular complexity index is 474. The molecule has 0 spiro atoms. The lowest BCUT2D eigenvalue weighted by Crippen LogP contribution is -2.37. The molecule has 0 unspecified atom stereocenters. The average molecular weight is 255 g/mol. The van der Waals surface area contributed by atoms with Gasteiger partial charge in [0, 0.05) is 0 Å². The molecule has 0 amide bonds.